The van der Waals surface area contributed by atoms with Gasteiger partial charge in [-0.05, 0) is 12.1 Å². The van der Waals surface area contributed by atoms with Gasteiger partial charge in [0.15, 0.2) is 0 Å². The number of benzene rings is 1. The zero-order valence-corrected chi connectivity index (χ0v) is 10.2. The third-order valence-electron chi connectivity index (χ3n) is 2.63. The van der Waals surface area contributed by atoms with E-state index in [1.165, 1.54) is 6.92 Å². The molecule has 0 spiro atoms. The summed E-state index contributed by atoms with van der Waals surface area (Å²) in [6.45, 7) is 2.69. The predicted octanol–water partition coefficient (Wildman–Crippen LogP) is 1.36. The van der Waals surface area contributed by atoms with Gasteiger partial charge < -0.3 is 16.4 Å². The molecule has 1 heterocycles. The molecular formula is C13H16N4O. The van der Waals surface area contributed by atoms with Crippen LogP contribution in [-0.4, -0.2) is 24.0 Å². The molecule has 0 fully saturated rings. The van der Waals surface area contributed by atoms with Crippen LogP contribution < -0.4 is 16.4 Å². The number of rotatable bonds is 4. The molecule has 5 heteroatoms. The molecule has 1 amide bonds. The Labute approximate surface area is 105 Å². The molecule has 94 valence electrons. The van der Waals surface area contributed by atoms with E-state index in [1.54, 1.807) is 6.20 Å². The van der Waals surface area contributed by atoms with Crippen LogP contribution in [0.5, 0.6) is 0 Å². The van der Waals surface area contributed by atoms with Crippen LogP contribution in [0.1, 0.15) is 6.92 Å². The number of nitrogens with two attached hydrogens (primary N) is 1. The van der Waals surface area contributed by atoms with Crippen LogP contribution in [-0.2, 0) is 4.79 Å². The van der Waals surface area contributed by atoms with Crippen molar-refractivity contribution in [2.24, 2.45) is 0 Å². The third-order valence-corrected chi connectivity index (χ3v) is 2.63. The standard InChI is InChI=1S/C13H16N4O/c1-9(18)15-7-8-17-13-11-3-2-4-12(14)10(11)5-6-16-13/h2-6H,7-8,14H2,1H3,(H,15,18)(H,16,17). The number of nitrogen functional groups attached to an aromatic ring is 1. The highest BCUT2D eigenvalue weighted by molar-refractivity contribution is 5.99. The second kappa shape index (κ2) is 5.35. The third kappa shape index (κ3) is 2.68. The number of aromatic nitrogens is 1. The topological polar surface area (TPSA) is 80.0 Å². The summed E-state index contributed by atoms with van der Waals surface area (Å²) in [7, 11) is 0. The van der Waals surface area contributed by atoms with E-state index in [1.807, 2.05) is 24.3 Å². The Balaban J connectivity index is 2.13. The fraction of sp³-hybridized carbons (Fsp3) is 0.231. The summed E-state index contributed by atoms with van der Waals surface area (Å²) in [4.78, 5) is 15.0. The quantitative estimate of drug-likeness (QED) is 0.560. The lowest BCUT2D eigenvalue weighted by molar-refractivity contribution is -0.118. The van der Waals surface area contributed by atoms with Crippen LogP contribution in [0.25, 0.3) is 10.8 Å². The van der Waals surface area contributed by atoms with Gasteiger partial charge in [-0.2, -0.15) is 0 Å². The first-order chi connectivity index (χ1) is 8.68. The number of carbonyl (C=O) groups is 1. The highest BCUT2D eigenvalue weighted by atomic mass is 16.1. The molecule has 0 saturated carbocycles. The molecule has 1 aromatic carbocycles. The number of carbonyl (C=O) groups excluding carboxylic acids is 1. The zero-order valence-electron chi connectivity index (χ0n) is 10.2. The summed E-state index contributed by atoms with van der Waals surface area (Å²) >= 11 is 0. The zero-order chi connectivity index (χ0) is 13.0. The molecule has 0 aliphatic rings. The largest absolute Gasteiger partial charge is 0.398 e. The summed E-state index contributed by atoms with van der Waals surface area (Å²) in [6, 6.07) is 7.63. The van der Waals surface area contributed by atoms with Gasteiger partial charge in [-0.25, -0.2) is 4.98 Å². The van der Waals surface area contributed by atoms with Crippen molar-refractivity contribution in [1.82, 2.24) is 10.3 Å². The first-order valence-electron chi connectivity index (χ1n) is 5.80. The molecule has 4 N–H and O–H groups in total. The minimum absolute atomic E-state index is 0.0353. The van der Waals surface area contributed by atoms with Crippen molar-refractivity contribution in [3.63, 3.8) is 0 Å². The fourth-order valence-electron chi connectivity index (χ4n) is 1.79. The van der Waals surface area contributed by atoms with Gasteiger partial charge in [0.05, 0.1) is 0 Å². The van der Waals surface area contributed by atoms with Gasteiger partial charge in [0.2, 0.25) is 5.91 Å². The Hall–Kier alpha value is -2.30. The van der Waals surface area contributed by atoms with E-state index in [0.29, 0.717) is 13.1 Å². The van der Waals surface area contributed by atoms with Crippen LogP contribution in [0.2, 0.25) is 0 Å². The maximum Gasteiger partial charge on any atom is 0.216 e. The van der Waals surface area contributed by atoms with Crippen molar-refractivity contribution >= 4 is 28.2 Å². The lowest BCUT2D eigenvalue weighted by atomic mass is 10.1. The molecule has 2 aromatic rings. The second-order valence-electron chi connectivity index (χ2n) is 4.01. The highest BCUT2D eigenvalue weighted by Gasteiger charge is 2.03. The minimum atomic E-state index is -0.0353. The Bertz CT molecular complexity index is 568. The summed E-state index contributed by atoms with van der Waals surface area (Å²) in [5.74, 6) is 0.747. The number of fused-ring (bicyclic) bond motifs is 1. The number of pyridine rings is 1. The van der Waals surface area contributed by atoms with Crippen molar-refractivity contribution in [3.8, 4) is 0 Å². The first kappa shape index (κ1) is 12.2. The van der Waals surface area contributed by atoms with E-state index in [4.69, 9.17) is 5.73 Å². The van der Waals surface area contributed by atoms with Gasteiger partial charge >= 0.3 is 0 Å². The SMILES string of the molecule is CC(=O)NCCNc1nccc2c(N)cccc12. The number of nitrogens with one attached hydrogen (secondary N) is 2. The lowest BCUT2D eigenvalue weighted by Gasteiger charge is -2.09. The molecular weight excluding hydrogens is 228 g/mol. The van der Waals surface area contributed by atoms with E-state index in [-0.39, 0.29) is 5.91 Å². The smallest absolute Gasteiger partial charge is 0.216 e. The number of hydrogen-bond acceptors (Lipinski definition) is 4. The molecule has 1 aromatic heterocycles. The van der Waals surface area contributed by atoms with Gasteiger partial charge in [0.1, 0.15) is 5.82 Å². The van der Waals surface area contributed by atoms with Crippen LogP contribution in [0.3, 0.4) is 0 Å². The van der Waals surface area contributed by atoms with Crippen LogP contribution in [0.4, 0.5) is 11.5 Å². The maximum absolute atomic E-state index is 10.7. The number of amides is 1. The van der Waals surface area contributed by atoms with Crippen molar-refractivity contribution in [2.75, 3.05) is 24.1 Å². The summed E-state index contributed by atoms with van der Waals surface area (Å²) < 4.78 is 0. The highest BCUT2D eigenvalue weighted by Crippen LogP contribution is 2.25. The predicted molar refractivity (Wildman–Crippen MR) is 73.3 cm³/mol. The van der Waals surface area contributed by atoms with Crippen molar-refractivity contribution in [3.05, 3.63) is 30.5 Å². The lowest BCUT2D eigenvalue weighted by Crippen LogP contribution is -2.26. The fourth-order valence-corrected chi connectivity index (χ4v) is 1.79. The normalized spacial score (nSPS) is 10.3. The summed E-state index contributed by atoms with van der Waals surface area (Å²) in [6.07, 6.45) is 1.72. The number of nitrogens with zero attached hydrogens (tertiary/aromatic N) is 1. The van der Waals surface area contributed by atoms with Gasteiger partial charge in [-0.3, -0.25) is 4.79 Å². The van der Waals surface area contributed by atoms with Gasteiger partial charge in [-0.15, -0.1) is 0 Å². The molecule has 18 heavy (non-hydrogen) atoms. The molecule has 0 aliphatic heterocycles. The molecule has 2 rings (SSSR count). The van der Waals surface area contributed by atoms with E-state index < -0.39 is 0 Å². The molecule has 0 bridgehead atoms. The Morgan fingerprint density at radius 2 is 2.11 bits per heavy atom. The number of anilines is 2. The van der Waals surface area contributed by atoms with E-state index >= 15 is 0 Å². The van der Waals surface area contributed by atoms with Gasteiger partial charge in [-0.1, -0.05) is 12.1 Å². The molecule has 0 atom stereocenters. The number of hydrogen-bond donors (Lipinski definition) is 3. The van der Waals surface area contributed by atoms with Crippen LogP contribution in [0.15, 0.2) is 30.5 Å². The molecule has 0 unspecified atom stereocenters. The molecule has 5 nitrogen and oxygen atoms in total. The maximum atomic E-state index is 10.7. The van der Waals surface area contributed by atoms with E-state index in [2.05, 4.69) is 15.6 Å². The minimum Gasteiger partial charge on any atom is -0.398 e. The molecule has 0 aliphatic carbocycles. The average Bonchev–Trinajstić information content (AvgIpc) is 2.35. The van der Waals surface area contributed by atoms with Crippen molar-refractivity contribution < 1.29 is 4.79 Å². The monoisotopic (exact) mass is 244 g/mol. The molecule has 0 saturated heterocycles. The van der Waals surface area contributed by atoms with Crippen LogP contribution >= 0.6 is 0 Å². The Morgan fingerprint density at radius 1 is 1.28 bits per heavy atom. The van der Waals surface area contributed by atoms with E-state index in [9.17, 15) is 4.79 Å². The molecule has 0 radical (unpaired) electrons. The van der Waals surface area contributed by atoms with Gasteiger partial charge in [0.25, 0.3) is 0 Å². The average molecular weight is 244 g/mol. The van der Waals surface area contributed by atoms with Crippen LogP contribution in [0, 0.1) is 0 Å². The first-order valence-corrected chi connectivity index (χ1v) is 5.80. The Morgan fingerprint density at radius 3 is 2.89 bits per heavy atom. The Kier molecular flexibility index (Phi) is 3.62. The van der Waals surface area contributed by atoms with E-state index in [0.717, 1.165) is 22.3 Å². The van der Waals surface area contributed by atoms with Crippen molar-refractivity contribution in [1.29, 1.82) is 0 Å². The van der Waals surface area contributed by atoms with Crippen molar-refractivity contribution in [2.45, 2.75) is 6.92 Å². The summed E-state index contributed by atoms with van der Waals surface area (Å²) in [5, 5.41) is 7.88. The summed E-state index contributed by atoms with van der Waals surface area (Å²) in [5.41, 5.74) is 6.64. The second-order valence-corrected chi connectivity index (χ2v) is 4.01. The van der Waals surface area contributed by atoms with Gasteiger partial charge in [0, 0.05) is 42.7 Å².